The van der Waals surface area contributed by atoms with Crippen LogP contribution in [-0.4, -0.2) is 50.0 Å². The lowest BCUT2D eigenvalue weighted by Gasteiger charge is -2.09. The molecule has 7 N–H and O–H groups in total. The molecule has 0 radical (unpaired) electrons. The third kappa shape index (κ3) is 9.06. The van der Waals surface area contributed by atoms with Gasteiger partial charge in [-0.15, -0.1) is 11.6 Å². The van der Waals surface area contributed by atoms with Crippen LogP contribution in [0.25, 0.3) is 0 Å². The van der Waals surface area contributed by atoms with Gasteiger partial charge >= 0.3 is 5.97 Å². The number of carbonyl (C=O) groups is 2. The minimum atomic E-state index is -4.45. The first-order chi connectivity index (χ1) is 17.2. The highest BCUT2D eigenvalue weighted by atomic mass is 35.5. The van der Waals surface area contributed by atoms with Crippen LogP contribution in [0.4, 0.5) is 17.1 Å². The predicted octanol–water partition coefficient (Wildman–Crippen LogP) is 2.89. The number of nitrogens with two attached hydrogens (primary N) is 2. The van der Waals surface area contributed by atoms with E-state index >= 15 is 0 Å². The topological polar surface area (TPSA) is 207 Å². The van der Waals surface area contributed by atoms with E-state index in [1.807, 2.05) is 0 Å². The Balaban J connectivity index is 0.000000402. The van der Waals surface area contributed by atoms with Gasteiger partial charge in [0.15, 0.2) is 9.84 Å². The minimum Gasteiger partial charge on any atom is -0.478 e. The highest BCUT2D eigenvalue weighted by Gasteiger charge is 2.16. The Morgan fingerprint density at radius 1 is 0.892 bits per heavy atom. The molecule has 3 aromatic carbocycles. The number of carbonyl (C=O) groups excluding carboxylic acids is 1. The van der Waals surface area contributed by atoms with Crippen molar-refractivity contribution < 1.29 is 36.1 Å². The molecule has 0 bridgehead atoms. The van der Waals surface area contributed by atoms with E-state index < -0.39 is 36.7 Å². The molecule has 0 unspecified atom stereocenters. The fourth-order valence-corrected chi connectivity index (χ4v) is 5.33. The number of rotatable bonds is 8. The lowest BCUT2D eigenvalue weighted by Crippen LogP contribution is -2.13. The first-order valence-corrected chi connectivity index (χ1v) is 14.1. The molecule has 0 aromatic heterocycles. The maximum Gasteiger partial charge on any atom is 0.337 e. The number of carboxylic acids is 1. The second kappa shape index (κ2) is 12.5. The van der Waals surface area contributed by atoms with Crippen molar-refractivity contribution in [2.75, 3.05) is 28.4 Å². The number of hydrogen-bond acceptors (Lipinski definition) is 8. The summed E-state index contributed by atoms with van der Waals surface area (Å²) in [6, 6.07) is 15.9. The molecule has 0 aliphatic heterocycles. The standard InChI is InChI=1S/C16H17ClN2O6S2.C7H7NO2/c17-7-8-26(21,22)10-11-1-3-12(4-2-11)16(20)19-13-5-6-15(14(18)9-13)27(23,24)25;8-6-4-2-1-3-5(6)7(9)10/h1-6,9H,7-8,10,18H2,(H,19,20)(H,23,24,25);1-4H,8H2,(H,9,10). The van der Waals surface area contributed by atoms with Crippen molar-refractivity contribution in [1.82, 2.24) is 0 Å². The van der Waals surface area contributed by atoms with E-state index in [4.69, 9.17) is 32.7 Å². The third-order valence-corrected chi connectivity index (χ3v) is 7.67. The number of halogens is 1. The Kier molecular flexibility index (Phi) is 10.0. The van der Waals surface area contributed by atoms with Crippen LogP contribution in [0.2, 0.25) is 0 Å². The van der Waals surface area contributed by atoms with Gasteiger partial charge < -0.3 is 21.9 Å². The van der Waals surface area contributed by atoms with Gasteiger partial charge in [-0.05, 0) is 48.0 Å². The molecule has 11 nitrogen and oxygen atoms in total. The third-order valence-electron chi connectivity index (χ3n) is 4.73. The predicted molar refractivity (Wildman–Crippen MR) is 141 cm³/mol. The average molecular weight is 570 g/mol. The van der Waals surface area contributed by atoms with Crippen molar-refractivity contribution in [3.05, 3.63) is 83.4 Å². The molecule has 3 aromatic rings. The highest BCUT2D eigenvalue weighted by Crippen LogP contribution is 2.23. The first kappa shape index (κ1) is 29.6. The van der Waals surface area contributed by atoms with Crippen LogP contribution in [0.3, 0.4) is 0 Å². The molecule has 0 aliphatic carbocycles. The molecule has 14 heteroatoms. The molecule has 0 spiro atoms. The Morgan fingerprint density at radius 3 is 2.00 bits per heavy atom. The molecule has 0 saturated heterocycles. The number of hydrogen-bond donors (Lipinski definition) is 5. The zero-order chi connectivity index (χ0) is 27.8. The molecule has 198 valence electrons. The number of benzene rings is 3. The fraction of sp³-hybridized carbons (Fsp3) is 0.130. The quantitative estimate of drug-likeness (QED) is 0.152. The number of aromatic carboxylic acids is 1. The number of alkyl halides is 1. The largest absolute Gasteiger partial charge is 0.478 e. The molecule has 0 aliphatic rings. The van der Waals surface area contributed by atoms with Gasteiger partial charge in [-0.25, -0.2) is 13.2 Å². The van der Waals surface area contributed by atoms with E-state index in [2.05, 4.69) is 5.32 Å². The summed E-state index contributed by atoms with van der Waals surface area (Å²) in [5, 5.41) is 11.0. The van der Waals surface area contributed by atoms with Gasteiger partial charge in [-0.2, -0.15) is 8.42 Å². The molecule has 0 saturated carbocycles. The second-order valence-corrected chi connectivity index (χ2v) is 11.5. The van der Waals surface area contributed by atoms with Gasteiger partial charge in [0.05, 0.1) is 22.8 Å². The van der Waals surface area contributed by atoms with Crippen molar-refractivity contribution in [3.63, 3.8) is 0 Å². The zero-order valence-corrected chi connectivity index (χ0v) is 21.6. The van der Waals surface area contributed by atoms with Crippen molar-refractivity contribution in [2.24, 2.45) is 0 Å². The minimum absolute atomic E-state index is 0.0162. The van der Waals surface area contributed by atoms with E-state index in [0.29, 0.717) is 11.3 Å². The number of amides is 1. The lowest BCUT2D eigenvalue weighted by molar-refractivity contribution is 0.0697. The molecule has 3 rings (SSSR count). The summed E-state index contributed by atoms with van der Waals surface area (Å²) in [6.45, 7) is 0. The molecular weight excluding hydrogens is 546 g/mol. The number of carboxylic acid groups (broad SMARTS) is 1. The summed E-state index contributed by atoms with van der Waals surface area (Å²) in [5.41, 5.74) is 12.2. The number of anilines is 3. The van der Waals surface area contributed by atoms with E-state index in [9.17, 15) is 26.4 Å². The fourth-order valence-electron chi connectivity index (χ4n) is 2.95. The Morgan fingerprint density at radius 2 is 1.51 bits per heavy atom. The van der Waals surface area contributed by atoms with Crippen molar-refractivity contribution in [3.8, 4) is 0 Å². The van der Waals surface area contributed by atoms with Crippen LogP contribution in [0.5, 0.6) is 0 Å². The molecule has 0 heterocycles. The van der Waals surface area contributed by atoms with E-state index in [-0.39, 0.29) is 39.9 Å². The summed E-state index contributed by atoms with van der Waals surface area (Å²) in [4.78, 5) is 22.1. The summed E-state index contributed by atoms with van der Waals surface area (Å²) in [6.07, 6.45) is 0. The number of sulfone groups is 1. The summed E-state index contributed by atoms with van der Waals surface area (Å²) >= 11 is 5.45. The lowest BCUT2D eigenvalue weighted by atomic mass is 10.1. The Labute approximate surface area is 218 Å². The molecule has 0 atom stereocenters. The summed E-state index contributed by atoms with van der Waals surface area (Å²) < 4.78 is 54.8. The Hall–Kier alpha value is -3.65. The zero-order valence-electron chi connectivity index (χ0n) is 19.2. The van der Waals surface area contributed by atoms with Crippen LogP contribution in [0.15, 0.2) is 71.6 Å². The van der Waals surface area contributed by atoms with Gasteiger partial charge in [0.25, 0.3) is 16.0 Å². The number of nitrogen functional groups attached to an aromatic ring is 2. The second-order valence-electron chi connectivity index (χ2n) is 7.55. The molecule has 0 fully saturated rings. The van der Waals surface area contributed by atoms with Gasteiger partial charge in [-0.3, -0.25) is 9.35 Å². The van der Waals surface area contributed by atoms with Crippen LogP contribution >= 0.6 is 11.6 Å². The van der Waals surface area contributed by atoms with Gasteiger partial charge in [-0.1, -0.05) is 24.3 Å². The van der Waals surface area contributed by atoms with Crippen LogP contribution in [-0.2, 0) is 25.7 Å². The van der Waals surface area contributed by atoms with Crippen molar-refractivity contribution >= 4 is 60.5 Å². The number of para-hydroxylation sites is 1. The molecule has 1 amide bonds. The smallest absolute Gasteiger partial charge is 0.337 e. The van der Waals surface area contributed by atoms with E-state index in [1.54, 1.807) is 18.2 Å². The van der Waals surface area contributed by atoms with Crippen LogP contribution < -0.4 is 16.8 Å². The number of nitrogens with one attached hydrogen (secondary N) is 1. The summed E-state index contributed by atoms with van der Waals surface area (Å²) in [5.74, 6) is -1.77. The van der Waals surface area contributed by atoms with E-state index in [0.717, 1.165) is 6.07 Å². The first-order valence-electron chi connectivity index (χ1n) is 10.3. The normalized spacial score (nSPS) is 11.2. The van der Waals surface area contributed by atoms with Gasteiger partial charge in [0, 0.05) is 22.8 Å². The van der Waals surface area contributed by atoms with Crippen molar-refractivity contribution in [1.29, 1.82) is 0 Å². The Bertz CT molecular complexity index is 1490. The van der Waals surface area contributed by atoms with Crippen LogP contribution in [0, 0.1) is 0 Å². The summed E-state index contributed by atoms with van der Waals surface area (Å²) in [7, 11) is -7.75. The highest BCUT2D eigenvalue weighted by molar-refractivity contribution is 7.90. The maximum atomic E-state index is 12.3. The van der Waals surface area contributed by atoms with Gasteiger partial charge in [0.1, 0.15) is 4.90 Å². The van der Waals surface area contributed by atoms with Gasteiger partial charge in [0.2, 0.25) is 0 Å². The maximum absolute atomic E-state index is 12.3. The average Bonchev–Trinajstić information content (AvgIpc) is 2.79. The SMILES string of the molecule is Nc1cc(NC(=O)c2ccc(CS(=O)(=O)CCCl)cc2)ccc1S(=O)(=O)O.Nc1ccccc1C(=O)O. The van der Waals surface area contributed by atoms with E-state index in [1.165, 1.54) is 42.5 Å². The molecule has 37 heavy (non-hydrogen) atoms. The molecular formula is C23H24ClN3O8S2. The monoisotopic (exact) mass is 569 g/mol. The van der Waals surface area contributed by atoms with Crippen molar-refractivity contribution in [2.45, 2.75) is 10.6 Å². The van der Waals surface area contributed by atoms with Crippen LogP contribution in [0.1, 0.15) is 26.3 Å².